The summed E-state index contributed by atoms with van der Waals surface area (Å²) in [6.07, 6.45) is 2.61. The molecule has 0 aliphatic carbocycles. The topological polar surface area (TPSA) is 92.5 Å². The lowest BCUT2D eigenvalue weighted by Crippen LogP contribution is -2.52. The summed E-state index contributed by atoms with van der Waals surface area (Å²) in [7, 11) is 0. The Labute approximate surface area is 209 Å². The summed E-state index contributed by atoms with van der Waals surface area (Å²) in [5.41, 5.74) is 3.07. The van der Waals surface area contributed by atoms with Gasteiger partial charge in [0.05, 0.1) is 10.8 Å². The number of rotatable bonds is 5. The molecule has 36 heavy (non-hydrogen) atoms. The standard InChI is InChI=1S/C29H27N3O4/c1-2-18-10-15-23-22(17-18)29(28(34)30-23)26(27(33)20-7-4-3-5-8-20)25(24-9-6-16-31(24)29)19-11-13-21(14-12-19)32(35)36/h3-5,7-8,10-15,17,24-26H,2,6,9,16H2,1H3,(H,30,34)/t24?,25?,26?,29-/m1/s1. The van der Waals surface area contributed by atoms with Crippen LogP contribution in [0.5, 0.6) is 0 Å². The number of carbonyl (C=O) groups excluding carboxylic acids is 2. The monoisotopic (exact) mass is 481 g/mol. The Kier molecular flexibility index (Phi) is 5.26. The third-order valence-electron chi connectivity index (χ3n) is 8.30. The van der Waals surface area contributed by atoms with Crippen molar-refractivity contribution in [2.75, 3.05) is 11.9 Å². The predicted octanol–water partition coefficient (Wildman–Crippen LogP) is 5.07. The molecule has 1 spiro atoms. The molecule has 0 saturated carbocycles. The van der Waals surface area contributed by atoms with Gasteiger partial charge in [0.1, 0.15) is 5.54 Å². The number of nitrogens with zero attached hydrogens (tertiary/aromatic N) is 2. The zero-order chi connectivity index (χ0) is 25.0. The molecule has 182 valence electrons. The summed E-state index contributed by atoms with van der Waals surface area (Å²) >= 11 is 0. The van der Waals surface area contributed by atoms with E-state index < -0.39 is 16.4 Å². The fourth-order valence-corrected chi connectivity index (χ4v) is 6.80. The van der Waals surface area contributed by atoms with Crippen LogP contribution in [0.25, 0.3) is 0 Å². The average Bonchev–Trinajstić information content (AvgIpc) is 3.57. The molecule has 7 heteroatoms. The SMILES string of the molecule is CCc1ccc2c(c1)[C@]1(C(=O)N2)C(C(=O)c2ccccc2)C(c2ccc([N+](=O)[O-])cc2)C2CCCN21. The molecule has 4 atom stereocenters. The Balaban J connectivity index is 1.60. The lowest BCUT2D eigenvalue weighted by Gasteiger charge is -2.37. The highest BCUT2D eigenvalue weighted by molar-refractivity contribution is 6.12. The summed E-state index contributed by atoms with van der Waals surface area (Å²) in [4.78, 5) is 41.6. The molecule has 3 aromatic rings. The Morgan fingerprint density at radius 3 is 2.56 bits per heavy atom. The first-order valence-corrected chi connectivity index (χ1v) is 12.5. The number of non-ortho nitro benzene ring substituents is 1. The van der Waals surface area contributed by atoms with E-state index in [9.17, 15) is 19.7 Å². The quantitative estimate of drug-likeness (QED) is 0.312. The van der Waals surface area contributed by atoms with E-state index in [0.29, 0.717) is 5.56 Å². The van der Waals surface area contributed by atoms with Crippen LogP contribution < -0.4 is 5.32 Å². The molecule has 6 rings (SSSR count). The molecule has 2 fully saturated rings. The number of ketones is 1. The average molecular weight is 482 g/mol. The molecule has 3 aromatic carbocycles. The molecule has 3 aliphatic rings. The van der Waals surface area contributed by atoms with E-state index in [4.69, 9.17) is 0 Å². The molecule has 3 unspecified atom stereocenters. The van der Waals surface area contributed by atoms with Gasteiger partial charge in [-0.3, -0.25) is 24.6 Å². The first kappa shape index (κ1) is 22.6. The Morgan fingerprint density at radius 1 is 1.11 bits per heavy atom. The van der Waals surface area contributed by atoms with Crippen molar-refractivity contribution in [1.82, 2.24) is 4.90 Å². The number of benzene rings is 3. The summed E-state index contributed by atoms with van der Waals surface area (Å²) < 4.78 is 0. The maximum atomic E-state index is 14.4. The third-order valence-corrected chi connectivity index (χ3v) is 8.30. The summed E-state index contributed by atoms with van der Waals surface area (Å²) in [5.74, 6) is -1.17. The highest BCUT2D eigenvalue weighted by atomic mass is 16.6. The molecular formula is C29H27N3O4. The van der Waals surface area contributed by atoms with Crippen LogP contribution in [0, 0.1) is 16.0 Å². The first-order chi connectivity index (χ1) is 17.5. The second-order valence-corrected chi connectivity index (χ2v) is 9.94. The van der Waals surface area contributed by atoms with E-state index in [1.807, 2.05) is 42.5 Å². The lowest BCUT2D eigenvalue weighted by molar-refractivity contribution is -0.384. The minimum Gasteiger partial charge on any atom is -0.324 e. The van der Waals surface area contributed by atoms with Crippen LogP contribution in [0.15, 0.2) is 72.8 Å². The molecule has 1 N–H and O–H groups in total. The van der Waals surface area contributed by atoms with Crippen LogP contribution in [-0.2, 0) is 16.8 Å². The number of nitro groups is 1. The van der Waals surface area contributed by atoms with Gasteiger partial charge >= 0.3 is 0 Å². The molecule has 3 heterocycles. The zero-order valence-electron chi connectivity index (χ0n) is 20.0. The van der Waals surface area contributed by atoms with Crippen molar-refractivity contribution in [3.05, 3.63) is 105 Å². The zero-order valence-corrected chi connectivity index (χ0v) is 20.0. The number of nitrogens with one attached hydrogen (secondary N) is 1. The smallest absolute Gasteiger partial charge is 0.269 e. The van der Waals surface area contributed by atoms with Crippen LogP contribution in [0.1, 0.15) is 52.7 Å². The molecule has 0 aromatic heterocycles. The van der Waals surface area contributed by atoms with Crippen molar-refractivity contribution in [2.24, 2.45) is 5.92 Å². The Hall–Kier alpha value is -3.84. The number of Topliss-reactive ketones (excluding diaryl/α,β-unsaturated/α-hetero) is 1. The van der Waals surface area contributed by atoms with Crippen molar-refractivity contribution in [1.29, 1.82) is 0 Å². The third kappa shape index (κ3) is 3.09. The van der Waals surface area contributed by atoms with E-state index in [2.05, 4.69) is 23.2 Å². The number of hydrogen-bond donors (Lipinski definition) is 1. The van der Waals surface area contributed by atoms with Crippen LogP contribution in [0.2, 0.25) is 0 Å². The van der Waals surface area contributed by atoms with Crippen molar-refractivity contribution >= 4 is 23.1 Å². The number of nitro benzene ring substituents is 1. The normalized spacial score (nSPS) is 26.6. The van der Waals surface area contributed by atoms with E-state index in [-0.39, 0.29) is 29.3 Å². The van der Waals surface area contributed by atoms with Crippen molar-refractivity contribution in [3.8, 4) is 0 Å². The van der Waals surface area contributed by atoms with Gasteiger partial charge in [-0.25, -0.2) is 0 Å². The summed E-state index contributed by atoms with van der Waals surface area (Å²) in [6, 6.07) is 21.7. The van der Waals surface area contributed by atoms with Gasteiger partial charge in [0.25, 0.3) is 5.69 Å². The summed E-state index contributed by atoms with van der Waals surface area (Å²) in [6.45, 7) is 2.80. The molecule has 7 nitrogen and oxygen atoms in total. The van der Waals surface area contributed by atoms with Gasteiger partial charge in [0, 0.05) is 40.9 Å². The highest BCUT2D eigenvalue weighted by Gasteiger charge is 2.69. The van der Waals surface area contributed by atoms with Gasteiger partial charge in [-0.15, -0.1) is 0 Å². The minimum absolute atomic E-state index is 0.0113. The molecule has 3 aliphatic heterocycles. The number of anilines is 1. The van der Waals surface area contributed by atoms with Crippen LogP contribution >= 0.6 is 0 Å². The largest absolute Gasteiger partial charge is 0.324 e. The lowest BCUT2D eigenvalue weighted by atomic mass is 9.68. The Bertz CT molecular complexity index is 1370. The maximum Gasteiger partial charge on any atom is 0.269 e. The van der Waals surface area contributed by atoms with Gasteiger partial charge in [-0.2, -0.15) is 0 Å². The van der Waals surface area contributed by atoms with Crippen molar-refractivity contribution in [2.45, 2.75) is 43.7 Å². The van der Waals surface area contributed by atoms with Crippen molar-refractivity contribution in [3.63, 3.8) is 0 Å². The highest BCUT2D eigenvalue weighted by Crippen LogP contribution is 2.61. The maximum absolute atomic E-state index is 14.4. The summed E-state index contributed by atoms with van der Waals surface area (Å²) in [5, 5.41) is 14.4. The van der Waals surface area contributed by atoms with Crippen LogP contribution in [-0.4, -0.2) is 34.1 Å². The van der Waals surface area contributed by atoms with Gasteiger partial charge in [-0.1, -0.05) is 61.5 Å². The molecular weight excluding hydrogens is 454 g/mol. The molecule has 0 radical (unpaired) electrons. The molecule has 1 amide bonds. The fourth-order valence-electron chi connectivity index (χ4n) is 6.80. The van der Waals surface area contributed by atoms with E-state index >= 15 is 0 Å². The second kappa shape index (κ2) is 8.38. The van der Waals surface area contributed by atoms with Crippen LogP contribution in [0.3, 0.4) is 0 Å². The predicted molar refractivity (Wildman–Crippen MR) is 136 cm³/mol. The van der Waals surface area contributed by atoms with Gasteiger partial charge < -0.3 is 5.32 Å². The van der Waals surface area contributed by atoms with Crippen LogP contribution in [0.4, 0.5) is 11.4 Å². The molecule has 2 saturated heterocycles. The minimum atomic E-state index is -1.12. The number of carbonyl (C=O) groups is 2. The number of amides is 1. The second-order valence-electron chi connectivity index (χ2n) is 9.94. The number of aryl methyl sites for hydroxylation is 1. The van der Waals surface area contributed by atoms with Gasteiger partial charge in [0.2, 0.25) is 5.91 Å². The first-order valence-electron chi connectivity index (χ1n) is 12.5. The van der Waals surface area contributed by atoms with E-state index in [0.717, 1.165) is 48.2 Å². The van der Waals surface area contributed by atoms with E-state index in [1.54, 1.807) is 12.1 Å². The van der Waals surface area contributed by atoms with Gasteiger partial charge in [0.15, 0.2) is 5.78 Å². The van der Waals surface area contributed by atoms with E-state index in [1.165, 1.54) is 12.1 Å². The van der Waals surface area contributed by atoms with Crippen molar-refractivity contribution < 1.29 is 14.5 Å². The number of hydrogen-bond acceptors (Lipinski definition) is 5. The molecule has 0 bridgehead atoms. The fraction of sp³-hybridized carbons (Fsp3) is 0.310. The Morgan fingerprint density at radius 2 is 1.86 bits per heavy atom. The van der Waals surface area contributed by atoms with Gasteiger partial charge in [-0.05, 0) is 43.0 Å². The number of fused-ring (bicyclic) bond motifs is 4.